The number of furan rings is 1. The van der Waals surface area contributed by atoms with Crippen LogP contribution in [0.5, 0.6) is 0 Å². The second-order valence-corrected chi connectivity index (χ2v) is 5.46. The number of para-hydroxylation sites is 2. The van der Waals surface area contributed by atoms with Crippen LogP contribution in [0.4, 0.5) is 0 Å². The maximum Gasteiger partial charge on any atom is 0.275 e. The highest BCUT2D eigenvalue weighted by atomic mass is 16.4. The topological polar surface area (TPSA) is 88.8 Å². The highest BCUT2D eigenvalue weighted by Gasteiger charge is 2.25. The summed E-state index contributed by atoms with van der Waals surface area (Å²) in [6, 6.07) is 13.1. The number of nitrogens with zero attached hydrogens (tertiary/aromatic N) is 4. The standard InChI is InChI=1S/C18H13N5O2/c1-12-16(13(10-19)18(25-12)22-8-4-5-9-22)17(24)21-23-11-20-14-6-2-3-7-15(14)23/h2-9,11H,1H3,(H,21,24). The molecule has 1 amide bonds. The summed E-state index contributed by atoms with van der Waals surface area (Å²) in [5, 5.41) is 9.54. The summed E-state index contributed by atoms with van der Waals surface area (Å²) in [4.78, 5) is 17.0. The van der Waals surface area contributed by atoms with E-state index >= 15 is 0 Å². The van der Waals surface area contributed by atoms with E-state index in [0.29, 0.717) is 11.6 Å². The van der Waals surface area contributed by atoms with Crippen molar-refractivity contribution in [2.45, 2.75) is 6.92 Å². The van der Waals surface area contributed by atoms with E-state index in [1.54, 1.807) is 23.9 Å². The molecule has 0 bridgehead atoms. The molecule has 7 nitrogen and oxygen atoms in total. The van der Waals surface area contributed by atoms with Crippen LogP contribution < -0.4 is 5.43 Å². The largest absolute Gasteiger partial charge is 0.443 e. The highest BCUT2D eigenvalue weighted by Crippen LogP contribution is 2.25. The maximum absolute atomic E-state index is 12.8. The van der Waals surface area contributed by atoms with E-state index in [9.17, 15) is 10.1 Å². The van der Waals surface area contributed by atoms with Gasteiger partial charge in [0, 0.05) is 12.4 Å². The van der Waals surface area contributed by atoms with E-state index in [2.05, 4.69) is 16.5 Å². The number of nitrogens with one attached hydrogen (secondary N) is 1. The minimum atomic E-state index is -0.431. The van der Waals surface area contributed by atoms with Crippen LogP contribution in [-0.2, 0) is 0 Å². The fraction of sp³-hybridized carbons (Fsp3) is 0.0556. The molecule has 3 heterocycles. The van der Waals surface area contributed by atoms with Crippen LogP contribution in [0.3, 0.4) is 0 Å². The van der Waals surface area contributed by atoms with Gasteiger partial charge in [-0.2, -0.15) is 5.26 Å². The molecule has 0 aliphatic rings. The van der Waals surface area contributed by atoms with Crippen molar-refractivity contribution in [3.8, 4) is 12.0 Å². The molecule has 0 aliphatic carbocycles. The summed E-state index contributed by atoms with van der Waals surface area (Å²) in [6.07, 6.45) is 5.03. The summed E-state index contributed by atoms with van der Waals surface area (Å²) in [5.41, 5.74) is 4.68. The highest BCUT2D eigenvalue weighted by molar-refractivity contribution is 6.04. The third-order valence-electron chi connectivity index (χ3n) is 3.92. The first-order chi connectivity index (χ1) is 12.2. The predicted molar refractivity (Wildman–Crippen MR) is 90.9 cm³/mol. The van der Waals surface area contributed by atoms with Crippen molar-refractivity contribution in [3.63, 3.8) is 0 Å². The van der Waals surface area contributed by atoms with Crippen LogP contribution >= 0.6 is 0 Å². The van der Waals surface area contributed by atoms with Crippen LogP contribution in [0.25, 0.3) is 16.9 Å². The van der Waals surface area contributed by atoms with Gasteiger partial charge in [0.2, 0.25) is 5.88 Å². The number of rotatable bonds is 3. The quantitative estimate of drug-likeness (QED) is 0.625. The number of aromatic nitrogens is 3. The predicted octanol–water partition coefficient (Wildman–Crippen LogP) is 2.98. The van der Waals surface area contributed by atoms with Crippen molar-refractivity contribution in [1.82, 2.24) is 14.2 Å². The van der Waals surface area contributed by atoms with E-state index in [1.165, 1.54) is 11.0 Å². The van der Waals surface area contributed by atoms with E-state index in [0.717, 1.165) is 11.0 Å². The average molecular weight is 331 g/mol. The normalized spacial score (nSPS) is 10.7. The minimum absolute atomic E-state index is 0.190. The molecule has 4 rings (SSSR count). The molecule has 0 radical (unpaired) electrons. The number of nitriles is 1. The summed E-state index contributed by atoms with van der Waals surface area (Å²) >= 11 is 0. The number of hydrogen-bond donors (Lipinski definition) is 1. The van der Waals surface area contributed by atoms with Crippen LogP contribution in [-0.4, -0.2) is 20.1 Å². The first-order valence-corrected chi connectivity index (χ1v) is 7.59. The first kappa shape index (κ1) is 14.8. The van der Waals surface area contributed by atoms with E-state index in [4.69, 9.17) is 4.42 Å². The van der Waals surface area contributed by atoms with Gasteiger partial charge in [0.15, 0.2) is 0 Å². The molecule has 0 atom stereocenters. The van der Waals surface area contributed by atoms with Gasteiger partial charge >= 0.3 is 0 Å². The SMILES string of the molecule is Cc1oc(-n2cccc2)c(C#N)c1C(=O)Nn1cnc2ccccc21. The second kappa shape index (κ2) is 5.69. The lowest BCUT2D eigenvalue weighted by Crippen LogP contribution is -2.23. The molecule has 0 unspecified atom stereocenters. The van der Waals surface area contributed by atoms with Crippen LogP contribution in [0, 0.1) is 18.3 Å². The van der Waals surface area contributed by atoms with Crippen LogP contribution in [0.2, 0.25) is 0 Å². The Morgan fingerprint density at radius 3 is 2.76 bits per heavy atom. The number of fused-ring (bicyclic) bond motifs is 1. The van der Waals surface area contributed by atoms with Gasteiger partial charge in [-0.25, -0.2) is 9.66 Å². The Hall–Kier alpha value is -3.79. The van der Waals surface area contributed by atoms with Gasteiger partial charge in [-0.15, -0.1) is 0 Å². The third kappa shape index (κ3) is 2.37. The Kier molecular flexibility index (Phi) is 3.36. The number of carbonyl (C=O) groups is 1. The number of hydrogen-bond acceptors (Lipinski definition) is 4. The molecule has 0 saturated carbocycles. The van der Waals surface area contributed by atoms with Gasteiger partial charge in [0.05, 0.1) is 11.0 Å². The molecule has 0 fully saturated rings. The number of amides is 1. The summed E-state index contributed by atoms with van der Waals surface area (Å²) < 4.78 is 8.85. The molecule has 0 aliphatic heterocycles. The van der Waals surface area contributed by atoms with Gasteiger partial charge in [-0.05, 0) is 31.2 Å². The number of carbonyl (C=O) groups excluding carboxylic acids is 1. The molecule has 1 aromatic carbocycles. The molecule has 25 heavy (non-hydrogen) atoms. The van der Waals surface area contributed by atoms with Crippen LogP contribution in [0.15, 0.2) is 59.5 Å². The summed E-state index contributed by atoms with van der Waals surface area (Å²) in [6.45, 7) is 1.66. The molecular formula is C18H13N5O2. The summed E-state index contributed by atoms with van der Waals surface area (Å²) in [5.74, 6) is 0.271. The smallest absolute Gasteiger partial charge is 0.275 e. The van der Waals surface area contributed by atoms with Crippen molar-refractivity contribution in [2.75, 3.05) is 5.43 Å². The van der Waals surface area contributed by atoms with E-state index in [-0.39, 0.29) is 11.1 Å². The van der Waals surface area contributed by atoms with Gasteiger partial charge < -0.3 is 4.42 Å². The van der Waals surface area contributed by atoms with Crippen molar-refractivity contribution in [2.24, 2.45) is 0 Å². The van der Waals surface area contributed by atoms with E-state index in [1.807, 2.05) is 36.4 Å². The Bertz CT molecular complexity index is 1110. The molecule has 122 valence electrons. The van der Waals surface area contributed by atoms with Gasteiger partial charge in [0.1, 0.15) is 29.3 Å². The zero-order chi connectivity index (χ0) is 17.4. The fourth-order valence-corrected chi connectivity index (χ4v) is 2.77. The van der Waals surface area contributed by atoms with Crippen molar-refractivity contribution >= 4 is 16.9 Å². The number of imidazole rings is 1. The lowest BCUT2D eigenvalue weighted by atomic mass is 10.1. The van der Waals surface area contributed by atoms with Gasteiger partial charge in [0.25, 0.3) is 5.91 Å². The zero-order valence-electron chi connectivity index (χ0n) is 13.3. The van der Waals surface area contributed by atoms with Crippen molar-refractivity contribution < 1.29 is 9.21 Å². The third-order valence-corrected chi connectivity index (χ3v) is 3.92. The molecule has 7 heteroatoms. The Balaban J connectivity index is 1.75. The molecule has 3 aromatic heterocycles. The lowest BCUT2D eigenvalue weighted by Gasteiger charge is -2.06. The molecule has 1 N–H and O–H groups in total. The monoisotopic (exact) mass is 331 g/mol. The van der Waals surface area contributed by atoms with E-state index < -0.39 is 5.91 Å². The average Bonchev–Trinajstić information content (AvgIpc) is 3.33. The zero-order valence-corrected chi connectivity index (χ0v) is 13.3. The van der Waals surface area contributed by atoms with Crippen molar-refractivity contribution in [3.05, 3.63) is 72.0 Å². The van der Waals surface area contributed by atoms with Crippen molar-refractivity contribution in [1.29, 1.82) is 5.26 Å². The maximum atomic E-state index is 12.8. The molecule has 0 spiro atoms. The number of aryl methyl sites for hydroxylation is 1. The molecule has 4 aromatic rings. The lowest BCUT2D eigenvalue weighted by molar-refractivity contribution is 0.101. The Morgan fingerprint density at radius 2 is 2.00 bits per heavy atom. The Labute approximate surface area is 142 Å². The first-order valence-electron chi connectivity index (χ1n) is 7.59. The minimum Gasteiger partial charge on any atom is -0.443 e. The number of benzene rings is 1. The van der Waals surface area contributed by atoms with Gasteiger partial charge in [-0.3, -0.25) is 14.8 Å². The second-order valence-electron chi connectivity index (χ2n) is 5.46. The van der Waals surface area contributed by atoms with Gasteiger partial charge in [-0.1, -0.05) is 12.1 Å². The van der Waals surface area contributed by atoms with Crippen LogP contribution in [0.1, 0.15) is 21.7 Å². The fourth-order valence-electron chi connectivity index (χ4n) is 2.77. The molecule has 0 saturated heterocycles. The summed E-state index contributed by atoms with van der Waals surface area (Å²) in [7, 11) is 0. The Morgan fingerprint density at radius 1 is 1.24 bits per heavy atom. The molecular weight excluding hydrogens is 318 g/mol.